The maximum atomic E-state index is 12.3. The highest BCUT2D eigenvalue weighted by molar-refractivity contribution is 9.11. The number of hydrogen-bond donors (Lipinski definition) is 0. The molecule has 0 spiro atoms. The Labute approximate surface area is 128 Å². The zero-order chi connectivity index (χ0) is 14.2. The summed E-state index contributed by atoms with van der Waals surface area (Å²) >= 11 is 10.1. The van der Waals surface area contributed by atoms with Crippen molar-refractivity contribution in [2.24, 2.45) is 0 Å². The first-order chi connectivity index (χ1) is 8.80. The van der Waals surface area contributed by atoms with Gasteiger partial charge in [-0.05, 0) is 28.9 Å². The lowest BCUT2D eigenvalue weighted by atomic mass is 10.4. The Hall–Kier alpha value is -0.410. The Balaban J connectivity index is 2.24. The lowest BCUT2D eigenvalue weighted by Crippen LogP contribution is -2.25. The van der Waals surface area contributed by atoms with E-state index < -0.39 is 10.0 Å². The smallest absolute Gasteiger partial charge is 0.252 e. The van der Waals surface area contributed by atoms with Crippen LogP contribution in [0.3, 0.4) is 0 Å². The molecule has 2 rings (SSSR count). The van der Waals surface area contributed by atoms with Gasteiger partial charge in [0.05, 0.1) is 21.0 Å². The van der Waals surface area contributed by atoms with Gasteiger partial charge in [-0.3, -0.25) is 0 Å². The van der Waals surface area contributed by atoms with Crippen molar-refractivity contribution in [3.63, 3.8) is 0 Å². The third kappa shape index (κ3) is 3.19. The predicted molar refractivity (Wildman–Crippen MR) is 76.9 cm³/mol. The lowest BCUT2D eigenvalue weighted by Gasteiger charge is -2.13. The summed E-state index contributed by atoms with van der Waals surface area (Å²) in [5, 5.41) is 4.16. The second-order valence-electron chi connectivity index (χ2n) is 3.88. The number of hydrogen-bond acceptors (Lipinski definition) is 5. The standard InChI is InChI=1S/C10H10BrClN2O3S2/c1-6-3-7(13-17-6)5-14(2)19(15,16)9-4-8(12)10(11)18-9/h3-4H,5H2,1-2H3. The van der Waals surface area contributed by atoms with E-state index >= 15 is 0 Å². The van der Waals surface area contributed by atoms with Gasteiger partial charge >= 0.3 is 0 Å². The molecule has 104 valence electrons. The van der Waals surface area contributed by atoms with Crippen molar-refractivity contribution in [2.45, 2.75) is 17.7 Å². The molecular formula is C10H10BrClN2O3S2. The van der Waals surface area contributed by atoms with Gasteiger partial charge in [-0.1, -0.05) is 16.8 Å². The lowest BCUT2D eigenvalue weighted by molar-refractivity contribution is 0.378. The molecule has 2 heterocycles. The van der Waals surface area contributed by atoms with Crippen LogP contribution in [-0.4, -0.2) is 24.9 Å². The molecule has 19 heavy (non-hydrogen) atoms. The number of rotatable bonds is 4. The summed E-state index contributed by atoms with van der Waals surface area (Å²) in [6, 6.07) is 3.12. The van der Waals surface area contributed by atoms with Crippen LogP contribution in [0.15, 0.2) is 24.7 Å². The van der Waals surface area contributed by atoms with E-state index in [-0.39, 0.29) is 10.8 Å². The molecule has 0 unspecified atom stereocenters. The number of halogens is 2. The molecule has 0 fully saturated rings. The number of nitrogens with zero attached hydrogens (tertiary/aromatic N) is 2. The molecule has 5 nitrogen and oxygen atoms in total. The largest absolute Gasteiger partial charge is 0.361 e. The third-order valence-corrected chi connectivity index (χ3v) is 7.08. The van der Waals surface area contributed by atoms with Crippen LogP contribution in [0.25, 0.3) is 0 Å². The van der Waals surface area contributed by atoms with Gasteiger partial charge in [0.25, 0.3) is 10.0 Å². The number of thiophene rings is 1. The van der Waals surface area contributed by atoms with Crippen molar-refractivity contribution in [1.82, 2.24) is 9.46 Å². The van der Waals surface area contributed by atoms with E-state index in [1.165, 1.54) is 17.4 Å². The zero-order valence-corrected chi connectivity index (χ0v) is 14.0. The van der Waals surface area contributed by atoms with Crippen LogP contribution < -0.4 is 0 Å². The minimum Gasteiger partial charge on any atom is -0.361 e. The second-order valence-corrected chi connectivity index (χ2v) is 8.93. The summed E-state index contributed by atoms with van der Waals surface area (Å²) in [5.41, 5.74) is 0.560. The summed E-state index contributed by atoms with van der Waals surface area (Å²) in [6.45, 7) is 1.90. The number of sulfonamides is 1. The first-order valence-corrected chi connectivity index (χ1v) is 8.57. The summed E-state index contributed by atoms with van der Waals surface area (Å²) in [6.07, 6.45) is 0. The average molecular weight is 386 g/mol. The molecule has 0 aliphatic heterocycles. The Morgan fingerprint density at radius 2 is 2.21 bits per heavy atom. The van der Waals surface area contributed by atoms with Crippen LogP contribution in [0.5, 0.6) is 0 Å². The summed E-state index contributed by atoms with van der Waals surface area (Å²) < 4.78 is 31.5. The second kappa shape index (κ2) is 5.53. The van der Waals surface area contributed by atoms with E-state index in [4.69, 9.17) is 16.1 Å². The van der Waals surface area contributed by atoms with E-state index in [0.29, 0.717) is 20.3 Å². The van der Waals surface area contributed by atoms with Gasteiger partial charge in [0.2, 0.25) is 0 Å². The highest BCUT2D eigenvalue weighted by Gasteiger charge is 2.25. The Kier molecular flexibility index (Phi) is 4.36. The number of aryl methyl sites for hydroxylation is 1. The van der Waals surface area contributed by atoms with Gasteiger partial charge in [-0.25, -0.2) is 8.42 Å². The Morgan fingerprint density at radius 3 is 2.68 bits per heavy atom. The molecule has 0 aliphatic rings. The molecule has 2 aromatic heterocycles. The van der Waals surface area contributed by atoms with Gasteiger partial charge in [0.1, 0.15) is 9.97 Å². The first kappa shape index (κ1) is 15.0. The van der Waals surface area contributed by atoms with Crippen molar-refractivity contribution in [3.05, 3.63) is 32.4 Å². The Bertz CT molecular complexity index is 676. The quantitative estimate of drug-likeness (QED) is 0.810. The van der Waals surface area contributed by atoms with Crippen molar-refractivity contribution in [1.29, 1.82) is 0 Å². The first-order valence-electron chi connectivity index (χ1n) is 5.14. The normalized spacial score (nSPS) is 12.3. The van der Waals surface area contributed by atoms with Crippen molar-refractivity contribution in [3.8, 4) is 0 Å². The van der Waals surface area contributed by atoms with Crippen LogP contribution in [0.1, 0.15) is 11.5 Å². The topological polar surface area (TPSA) is 63.4 Å². The van der Waals surface area contributed by atoms with Crippen LogP contribution in [0, 0.1) is 6.92 Å². The molecule has 9 heteroatoms. The van der Waals surface area contributed by atoms with Gasteiger partial charge < -0.3 is 4.52 Å². The van der Waals surface area contributed by atoms with Gasteiger partial charge in [0, 0.05) is 13.1 Å². The maximum Gasteiger partial charge on any atom is 0.252 e. The molecule has 0 atom stereocenters. The molecule has 0 radical (unpaired) electrons. The molecule has 0 aromatic carbocycles. The summed E-state index contributed by atoms with van der Waals surface area (Å²) in [4.78, 5) is 0. The summed E-state index contributed by atoms with van der Waals surface area (Å²) in [7, 11) is -2.09. The molecule has 0 N–H and O–H groups in total. The van der Waals surface area contributed by atoms with E-state index in [9.17, 15) is 8.42 Å². The van der Waals surface area contributed by atoms with Crippen LogP contribution in [0.4, 0.5) is 0 Å². The van der Waals surface area contributed by atoms with Crippen molar-refractivity contribution in [2.75, 3.05) is 7.05 Å². The molecule has 0 saturated carbocycles. The monoisotopic (exact) mass is 384 g/mol. The van der Waals surface area contributed by atoms with Crippen molar-refractivity contribution < 1.29 is 12.9 Å². The van der Waals surface area contributed by atoms with E-state index in [0.717, 1.165) is 11.3 Å². The maximum absolute atomic E-state index is 12.3. The fourth-order valence-electron chi connectivity index (χ4n) is 1.41. The minimum atomic E-state index is -3.57. The molecule has 0 saturated heterocycles. The molecule has 0 amide bonds. The van der Waals surface area contributed by atoms with E-state index in [1.54, 1.807) is 13.0 Å². The van der Waals surface area contributed by atoms with Crippen LogP contribution >= 0.6 is 38.9 Å². The van der Waals surface area contributed by atoms with Gasteiger partial charge in [-0.15, -0.1) is 11.3 Å². The van der Waals surface area contributed by atoms with Gasteiger partial charge in [-0.2, -0.15) is 4.31 Å². The molecule has 2 aromatic rings. The average Bonchev–Trinajstić information content (AvgIpc) is 2.87. The fraction of sp³-hybridized carbons (Fsp3) is 0.300. The molecular weight excluding hydrogens is 376 g/mol. The van der Waals surface area contributed by atoms with E-state index in [2.05, 4.69) is 21.1 Å². The summed E-state index contributed by atoms with van der Waals surface area (Å²) in [5.74, 6) is 0.641. The minimum absolute atomic E-state index is 0.146. The predicted octanol–water partition coefficient (Wildman–Crippen LogP) is 3.28. The Morgan fingerprint density at radius 1 is 1.53 bits per heavy atom. The molecule has 0 aliphatic carbocycles. The fourth-order valence-corrected chi connectivity index (χ4v) is 5.17. The zero-order valence-electron chi connectivity index (χ0n) is 10.1. The van der Waals surface area contributed by atoms with Crippen LogP contribution in [-0.2, 0) is 16.6 Å². The third-order valence-electron chi connectivity index (χ3n) is 2.35. The highest BCUT2D eigenvalue weighted by atomic mass is 79.9. The number of aromatic nitrogens is 1. The van der Waals surface area contributed by atoms with Crippen LogP contribution in [0.2, 0.25) is 5.02 Å². The molecule has 0 bridgehead atoms. The van der Waals surface area contributed by atoms with Crippen molar-refractivity contribution >= 4 is 48.9 Å². The SMILES string of the molecule is Cc1cc(CN(C)S(=O)(=O)c2cc(Cl)c(Br)s2)no1. The van der Waals surface area contributed by atoms with E-state index in [1.807, 2.05) is 0 Å². The van der Waals surface area contributed by atoms with Gasteiger partial charge in [0.15, 0.2) is 0 Å². The highest BCUT2D eigenvalue weighted by Crippen LogP contribution is 2.35.